The van der Waals surface area contributed by atoms with Crippen LogP contribution in [0.4, 0.5) is 10.6 Å². The third-order valence-corrected chi connectivity index (χ3v) is 4.14. The highest BCUT2D eigenvalue weighted by atomic mass is 16.6. The average molecular weight is 330 g/mol. The third kappa shape index (κ3) is 4.38. The van der Waals surface area contributed by atoms with Crippen molar-refractivity contribution in [3.63, 3.8) is 0 Å². The maximum atomic E-state index is 12.3. The highest BCUT2D eigenvalue weighted by molar-refractivity contribution is 5.68. The van der Waals surface area contributed by atoms with Crippen LogP contribution in [0, 0.1) is 18.3 Å². The maximum Gasteiger partial charge on any atom is 0.410 e. The largest absolute Gasteiger partial charge is 0.444 e. The molecule has 0 bridgehead atoms. The number of aromatic nitrogens is 1. The van der Waals surface area contributed by atoms with E-state index in [1.807, 2.05) is 39.8 Å². The van der Waals surface area contributed by atoms with Gasteiger partial charge in [-0.15, -0.1) is 0 Å². The van der Waals surface area contributed by atoms with E-state index in [0.29, 0.717) is 12.2 Å². The zero-order chi connectivity index (χ0) is 17.9. The number of hydrogen-bond donors (Lipinski definition) is 0. The van der Waals surface area contributed by atoms with Gasteiger partial charge in [-0.25, -0.2) is 9.78 Å². The Labute approximate surface area is 144 Å². The van der Waals surface area contributed by atoms with Crippen LogP contribution >= 0.6 is 0 Å². The molecule has 1 aliphatic rings. The number of aryl methyl sites for hydroxylation is 1. The first-order valence-corrected chi connectivity index (χ1v) is 8.30. The van der Waals surface area contributed by atoms with Crippen molar-refractivity contribution in [3.05, 3.63) is 23.4 Å². The first kappa shape index (κ1) is 18.1. The number of carbonyl (C=O) groups excluding carboxylic acids is 1. The average Bonchev–Trinajstić information content (AvgIpc) is 2.53. The van der Waals surface area contributed by atoms with E-state index in [2.05, 4.69) is 16.0 Å². The molecule has 0 saturated carbocycles. The number of carbonyl (C=O) groups is 1. The summed E-state index contributed by atoms with van der Waals surface area (Å²) in [5, 5.41) is 9.16. The van der Waals surface area contributed by atoms with Gasteiger partial charge in [-0.1, -0.05) is 6.07 Å². The van der Waals surface area contributed by atoms with Crippen LogP contribution in [0.15, 0.2) is 12.1 Å². The van der Waals surface area contributed by atoms with Gasteiger partial charge in [0.15, 0.2) is 0 Å². The number of piperidine rings is 1. The predicted molar refractivity (Wildman–Crippen MR) is 92.9 cm³/mol. The summed E-state index contributed by atoms with van der Waals surface area (Å²) in [7, 11) is 1.78. The smallest absolute Gasteiger partial charge is 0.410 e. The number of pyridine rings is 1. The van der Waals surface area contributed by atoms with E-state index in [1.54, 1.807) is 11.9 Å². The second kappa shape index (κ2) is 7.08. The second-order valence-electron chi connectivity index (χ2n) is 7.28. The molecule has 2 rings (SSSR count). The molecule has 0 N–H and O–H groups in total. The van der Waals surface area contributed by atoms with Crippen molar-refractivity contribution in [1.29, 1.82) is 5.26 Å². The zero-order valence-electron chi connectivity index (χ0n) is 15.2. The molecule has 0 aliphatic carbocycles. The van der Waals surface area contributed by atoms with Crippen molar-refractivity contribution >= 4 is 11.9 Å². The van der Waals surface area contributed by atoms with Crippen LogP contribution in [0.3, 0.4) is 0 Å². The van der Waals surface area contributed by atoms with Crippen molar-refractivity contribution in [2.24, 2.45) is 0 Å². The lowest BCUT2D eigenvalue weighted by atomic mass is 10.0. The summed E-state index contributed by atoms with van der Waals surface area (Å²) in [5.41, 5.74) is 0.829. The molecule has 1 amide bonds. The van der Waals surface area contributed by atoms with E-state index in [9.17, 15) is 4.79 Å². The standard InChI is InChI=1S/C18H26N4O2/c1-13-8-9-16(20-15(13)11-19)22-10-6-7-14(12-22)21(5)17(23)24-18(2,3)4/h8-9,14H,6-7,10,12H2,1-5H3. The summed E-state index contributed by atoms with van der Waals surface area (Å²) in [4.78, 5) is 20.5. The van der Waals surface area contributed by atoms with Gasteiger partial charge >= 0.3 is 6.09 Å². The lowest BCUT2D eigenvalue weighted by Crippen LogP contribution is -2.50. The minimum absolute atomic E-state index is 0.0715. The molecule has 1 atom stereocenters. The summed E-state index contributed by atoms with van der Waals surface area (Å²) < 4.78 is 5.46. The number of rotatable bonds is 2. The fourth-order valence-electron chi connectivity index (χ4n) is 2.77. The van der Waals surface area contributed by atoms with Crippen LogP contribution in [0.2, 0.25) is 0 Å². The highest BCUT2D eigenvalue weighted by Crippen LogP contribution is 2.22. The Morgan fingerprint density at radius 2 is 2.17 bits per heavy atom. The summed E-state index contributed by atoms with van der Waals surface area (Å²) in [6, 6.07) is 6.06. The van der Waals surface area contributed by atoms with Crippen LogP contribution in [0.1, 0.15) is 44.9 Å². The number of nitrogens with zero attached hydrogens (tertiary/aromatic N) is 4. The van der Waals surface area contributed by atoms with Gasteiger partial charge in [0, 0.05) is 20.1 Å². The third-order valence-electron chi connectivity index (χ3n) is 4.14. The molecule has 0 aromatic carbocycles. The molecule has 6 heteroatoms. The zero-order valence-corrected chi connectivity index (χ0v) is 15.2. The van der Waals surface area contributed by atoms with Crippen molar-refractivity contribution < 1.29 is 9.53 Å². The lowest BCUT2D eigenvalue weighted by Gasteiger charge is -2.38. The molecule has 1 aromatic rings. The number of ether oxygens (including phenoxy) is 1. The Morgan fingerprint density at radius 1 is 1.46 bits per heavy atom. The molecular weight excluding hydrogens is 304 g/mol. The molecular formula is C18H26N4O2. The van der Waals surface area contributed by atoms with Crippen LogP contribution in [-0.2, 0) is 4.74 Å². The summed E-state index contributed by atoms with van der Waals surface area (Å²) >= 11 is 0. The number of likely N-dealkylation sites (N-methyl/N-ethyl adjacent to an activating group) is 1. The quantitative estimate of drug-likeness (QED) is 0.833. The topological polar surface area (TPSA) is 69.5 Å². The second-order valence-corrected chi connectivity index (χ2v) is 7.28. The van der Waals surface area contributed by atoms with E-state index < -0.39 is 5.60 Å². The van der Waals surface area contributed by atoms with Crippen molar-refractivity contribution in [2.45, 2.75) is 52.2 Å². The number of amides is 1. The number of anilines is 1. The molecule has 0 spiro atoms. The van der Waals surface area contributed by atoms with Crippen LogP contribution in [-0.4, -0.2) is 47.8 Å². The molecule has 1 saturated heterocycles. The molecule has 1 aliphatic heterocycles. The summed E-state index contributed by atoms with van der Waals surface area (Å²) in [6.45, 7) is 9.05. The van der Waals surface area contributed by atoms with E-state index in [1.165, 1.54) is 0 Å². The predicted octanol–water partition coefficient (Wildman–Crippen LogP) is 3.10. The Morgan fingerprint density at radius 3 is 2.79 bits per heavy atom. The van der Waals surface area contributed by atoms with Gasteiger partial charge in [-0.2, -0.15) is 5.26 Å². The van der Waals surface area contributed by atoms with Gasteiger partial charge in [0.1, 0.15) is 23.2 Å². The minimum Gasteiger partial charge on any atom is -0.444 e. The first-order chi connectivity index (χ1) is 11.2. The molecule has 1 unspecified atom stereocenters. The fraction of sp³-hybridized carbons (Fsp3) is 0.611. The molecule has 2 heterocycles. The number of nitriles is 1. The van der Waals surface area contributed by atoms with E-state index in [-0.39, 0.29) is 12.1 Å². The summed E-state index contributed by atoms with van der Waals surface area (Å²) in [6.07, 6.45) is 1.60. The molecule has 1 fully saturated rings. The first-order valence-electron chi connectivity index (χ1n) is 8.30. The van der Waals surface area contributed by atoms with Crippen molar-refractivity contribution in [3.8, 4) is 6.07 Å². The van der Waals surface area contributed by atoms with Gasteiger partial charge in [0.05, 0.1) is 6.04 Å². The van der Waals surface area contributed by atoms with Crippen LogP contribution in [0.5, 0.6) is 0 Å². The Kier molecular flexibility index (Phi) is 5.33. The van der Waals surface area contributed by atoms with Crippen LogP contribution < -0.4 is 4.90 Å². The van der Waals surface area contributed by atoms with Gasteiger partial charge in [0.25, 0.3) is 0 Å². The van der Waals surface area contributed by atoms with Crippen molar-refractivity contribution in [1.82, 2.24) is 9.88 Å². The van der Waals surface area contributed by atoms with Crippen LogP contribution in [0.25, 0.3) is 0 Å². The van der Waals surface area contributed by atoms with E-state index in [0.717, 1.165) is 30.8 Å². The Balaban J connectivity index is 2.09. The Bertz CT molecular complexity index is 645. The molecule has 0 radical (unpaired) electrons. The fourth-order valence-corrected chi connectivity index (χ4v) is 2.77. The molecule has 1 aromatic heterocycles. The molecule has 130 valence electrons. The van der Waals surface area contributed by atoms with Gasteiger partial charge in [-0.05, 0) is 52.2 Å². The highest BCUT2D eigenvalue weighted by Gasteiger charge is 2.29. The maximum absolute atomic E-state index is 12.3. The summed E-state index contributed by atoms with van der Waals surface area (Å²) in [5.74, 6) is 0.791. The van der Waals surface area contributed by atoms with Gasteiger partial charge < -0.3 is 14.5 Å². The Hall–Kier alpha value is -2.29. The monoisotopic (exact) mass is 330 g/mol. The van der Waals surface area contributed by atoms with Gasteiger partial charge in [-0.3, -0.25) is 0 Å². The molecule has 24 heavy (non-hydrogen) atoms. The molecule has 6 nitrogen and oxygen atoms in total. The van der Waals surface area contributed by atoms with E-state index in [4.69, 9.17) is 10.00 Å². The minimum atomic E-state index is -0.500. The van der Waals surface area contributed by atoms with E-state index >= 15 is 0 Å². The van der Waals surface area contributed by atoms with Gasteiger partial charge in [0.2, 0.25) is 0 Å². The number of hydrogen-bond acceptors (Lipinski definition) is 5. The SMILES string of the molecule is Cc1ccc(N2CCCC(N(C)C(=O)OC(C)(C)C)C2)nc1C#N. The van der Waals surface area contributed by atoms with Crippen molar-refractivity contribution in [2.75, 3.05) is 25.0 Å². The lowest BCUT2D eigenvalue weighted by molar-refractivity contribution is 0.0209. The normalized spacial score (nSPS) is 18.0.